The number of aliphatic hydroxyl groups excluding tert-OH is 1. The standard InChI is InChI=1S/C30H31NO5/c1-5-20-6-8-22(9-7-20)28(32)26-27(21-10-14-24(35-4)15-11-21)31(30(34)29(26)33)23-12-16-25(17-13-23)36-18-19(2)3/h6-17,19,27,32H,5,18H2,1-4H3/b28-26+. The first-order valence-corrected chi connectivity index (χ1v) is 12.1. The van der Waals surface area contributed by atoms with E-state index in [0.29, 0.717) is 40.8 Å². The number of aryl methyl sites for hydroxylation is 1. The molecule has 3 aromatic carbocycles. The van der Waals surface area contributed by atoms with Crippen molar-refractivity contribution in [1.29, 1.82) is 0 Å². The van der Waals surface area contributed by atoms with Gasteiger partial charge < -0.3 is 14.6 Å². The van der Waals surface area contributed by atoms with E-state index in [1.165, 1.54) is 4.90 Å². The summed E-state index contributed by atoms with van der Waals surface area (Å²) in [6.45, 7) is 6.76. The van der Waals surface area contributed by atoms with Gasteiger partial charge in [0.1, 0.15) is 17.3 Å². The third-order valence-corrected chi connectivity index (χ3v) is 6.21. The van der Waals surface area contributed by atoms with Crippen LogP contribution in [0.1, 0.15) is 43.5 Å². The summed E-state index contributed by atoms with van der Waals surface area (Å²) in [5.41, 5.74) is 2.87. The van der Waals surface area contributed by atoms with Gasteiger partial charge in [0.05, 0.1) is 25.3 Å². The van der Waals surface area contributed by atoms with Gasteiger partial charge in [-0.05, 0) is 59.9 Å². The van der Waals surface area contributed by atoms with Crippen molar-refractivity contribution in [2.24, 2.45) is 5.92 Å². The predicted molar refractivity (Wildman–Crippen MR) is 140 cm³/mol. The average molecular weight is 486 g/mol. The van der Waals surface area contributed by atoms with E-state index in [1.807, 2.05) is 19.1 Å². The number of hydrogen-bond acceptors (Lipinski definition) is 5. The molecule has 3 aromatic rings. The number of ketones is 1. The molecule has 0 aliphatic carbocycles. The first-order chi connectivity index (χ1) is 17.3. The van der Waals surface area contributed by atoms with Crippen LogP contribution in [0, 0.1) is 5.92 Å². The monoisotopic (exact) mass is 485 g/mol. The van der Waals surface area contributed by atoms with Crippen LogP contribution in [-0.2, 0) is 16.0 Å². The average Bonchev–Trinajstić information content (AvgIpc) is 3.17. The van der Waals surface area contributed by atoms with Gasteiger partial charge in [0.15, 0.2) is 0 Å². The highest BCUT2D eigenvalue weighted by atomic mass is 16.5. The van der Waals surface area contributed by atoms with Crippen LogP contribution in [0.15, 0.2) is 78.4 Å². The molecular weight excluding hydrogens is 454 g/mol. The molecule has 0 bridgehead atoms. The number of amides is 1. The molecule has 0 radical (unpaired) electrons. The molecule has 1 heterocycles. The van der Waals surface area contributed by atoms with Crippen LogP contribution in [-0.4, -0.2) is 30.5 Å². The number of carbonyl (C=O) groups excluding carboxylic acids is 2. The van der Waals surface area contributed by atoms with Gasteiger partial charge in [-0.25, -0.2) is 0 Å². The molecule has 1 amide bonds. The molecule has 6 heteroatoms. The quantitative estimate of drug-likeness (QED) is 0.244. The predicted octanol–water partition coefficient (Wildman–Crippen LogP) is 5.92. The first kappa shape index (κ1) is 25.0. The highest BCUT2D eigenvalue weighted by Crippen LogP contribution is 2.42. The van der Waals surface area contributed by atoms with Crippen LogP contribution in [0.5, 0.6) is 11.5 Å². The summed E-state index contributed by atoms with van der Waals surface area (Å²) < 4.78 is 11.1. The van der Waals surface area contributed by atoms with Gasteiger partial charge in [0, 0.05) is 11.3 Å². The summed E-state index contributed by atoms with van der Waals surface area (Å²) in [6.07, 6.45) is 0.855. The highest BCUT2D eigenvalue weighted by molar-refractivity contribution is 6.51. The number of rotatable bonds is 8. The fourth-order valence-corrected chi connectivity index (χ4v) is 4.22. The number of nitrogens with zero attached hydrogens (tertiary/aromatic N) is 1. The van der Waals surface area contributed by atoms with Crippen molar-refractivity contribution in [3.63, 3.8) is 0 Å². The minimum absolute atomic E-state index is 0.0505. The van der Waals surface area contributed by atoms with E-state index in [1.54, 1.807) is 67.8 Å². The SMILES string of the molecule is CCc1ccc(/C(O)=C2\C(=O)C(=O)N(c3ccc(OCC(C)C)cc3)C2c2ccc(OC)cc2)cc1. The maximum Gasteiger partial charge on any atom is 0.300 e. The van der Waals surface area contributed by atoms with Crippen LogP contribution in [0.25, 0.3) is 5.76 Å². The Morgan fingerprint density at radius 1 is 0.917 bits per heavy atom. The maximum absolute atomic E-state index is 13.3. The summed E-state index contributed by atoms with van der Waals surface area (Å²) in [5, 5.41) is 11.3. The van der Waals surface area contributed by atoms with E-state index in [0.717, 1.165) is 12.0 Å². The van der Waals surface area contributed by atoms with E-state index in [-0.39, 0.29) is 11.3 Å². The van der Waals surface area contributed by atoms with Crippen molar-refractivity contribution in [2.75, 3.05) is 18.6 Å². The summed E-state index contributed by atoms with van der Waals surface area (Å²) in [6, 6.07) is 20.8. The normalized spacial score (nSPS) is 17.0. The second-order valence-corrected chi connectivity index (χ2v) is 9.19. The summed E-state index contributed by atoms with van der Waals surface area (Å²) in [4.78, 5) is 28.1. The number of anilines is 1. The number of ether oxygens (including phenoxy) is 2. The van der Waals surface area contributed by atoms with Gasteiger partial charge in [-0.3, -0.25) is 14.5 Å². The molecule has 6 nitrogen and oxygen atoms in total. The minimum Gasteiger partial charge on any atom is -0.507 e. The second kappa shape index (κ2) is 10.7. The number of methoxy groups -OCH3 is 1. The molecule has 1 fully saturated rings. The molecule has 4 rings (SSSR count). The zero-order valence-electron chi connectivity index (χ0n) is 21.0. The lowest BCUT2D eigenvalue weighted by molar-refractivity contribution is -0.132. The summed E-state index contributed by atoms with van der Waals surface area (Å²) >= 11 is 0. The Hall–Kier alpha value is -4.06. The van der Waals surface area contributed by atoms with Gasteiger partial charge in [0.25, 0.3) is 11.7 Å². The van der Waals surface area contributed by atoms with Gasteiger partial charge in [0.2, 0.25) is 0 Å². The molecule has 1 atom stereocenters. The Morgan fingerprint density at radius 3 is 2.08 bits per heavy atom. The van der Waals surface area contributed by atoms with Gasteiger partial charge >= 0.3 is 0 Å². The Balaban J connectivity index is 1.81. The maximum atomic E-state index is 13.3. The Morgan fingerprint density at radius 2 is 1.53 bits per heavy atom. The molecule has 1 aliphatic rings. The molecular formula is C30H31NO5. The van der Waals surface area contributed by atoms with Crippen molar-refractivity contribution >= 4 is 23.1 Å². The van der Waals surface area contributed by atoms with E-state index < -0.39 is 17.7 Å². The first-order valence-electron chi connectivity index (χ1n) is 12.1. The topological polar surface area (TPSA) is 76.1 Å². The fourth-order valence-electron chi connectivity index (χ4n) is 4.22. The zero-order valence-corrected chi connectivity index (χ0v) is 21.0. The molecule has 186 valence electrons. The molecule has 0 aromatic heterocycles. The minimum atomic E-state index is -0.802. The number of Topliss-reactive ketones (excluding diaryl/α,β-unsaturated/α-hetero) is 1. The van der Waals surface area contributed by atoms with Crippen LogP contribution >= 0.6 is 0 Å². The van der Waals surface area contributed by atoms with Crippen molar-refractivity contribution in [2.45, 2.75) is 33.2 Å². The van der Waals surface area contributed by atoms with Gasteiger partial charge in [-0.2, -0.15) is 0 Å². The Bertz CT molecular complexity index is 1260. The van der Waals surface area contributed by atoms with E-state index >= 15 is 0 Å². The molecule has 36 heavy (non-hydrogen) atoms. The van der Waals surface area contributed by atoms with Crippen LogP contribution in [0.2, 0.25) is 0 Å². The van der Waals surface area contributed by atoms with Gasteiger partial charge in [-0.1, -0.05) is 57.2 Å². The number of aliphatic hydroxyl groups is 1. The number of carbonyl (C=O) groups is 2. The van der Waals surface area contributed by atoms with Crippen LogP contribution < -0.4 is 14.4 Å². The van der Waals surface area contributed by atoms with Crippen molar-refractivity contribution in [3.8, 4) is 11.5 Å². The van der Waals surface area contributed by atoms with Crippen molar-refractivity contribution < 1.29 is 24.2 Å². The molecule has 1 unspecified atom stereocenters. The molecule has 1 N–H and O–H groups in total. The van der Waals surface area contributed by atoms with Crippen LogP contribution in [0.4, 0.5) is 5.69 Å². The smallest absolute Gasteiger partial charge is 0.300 e. The Kier molecular flexibility index (Phi) is 7.44. The number of hydrogen-bond donors (Lipinski definition) is 1. The molecule has 0 spiro atoms. The lowest BCUT2D eigenvalue weighted by atomic mass is 9.94. The number of benzene rings is 3. The van der Waals surface area contributed by atoms with Crippen molar-refractivity contribution in [1.82, 2.24) is 0 Å². The molecule has 1 aliphatic heterocycles. The molecule has 0 saturated carbocycles. The largest absolute Gasteiger partial charge is 0.507 e. The lowest BCUT2D eigenvalue weighted by Gasteiger charge is -2.26. The van der Waals surface area contributed by atoms with E-state index in [4.69, 9.17) is 9.47 Å². The van der Waals surface area contributed by atoms with Crippen LogP contribution in [0.3, 0.4) is 0 Å². The summed E-state index contributed by atoms with van der Waals surface area (Å²) in [5.74, 6) is 0.0881. The highest BCUT2D eigenvalue weighted by Gasteiger charge is 2.47. The van der Waals surface area contributed by atoms with E-state index in [9.17, 15) is 14.7 Å². The lowest BCUT2D eigenvalue weighted by Crippen LogP contribution is -2.29. The molecule has 1 saturated heterocycles. The second-order valence-electron chi connectivity index (χ2n) is 9.19. The van der Waals surface area contributed by atoms with E-state index in [2.05, 4.69) is 13.8 Å². The van der Waals surface area contributed by atoms with Gasteiger partial charge in [-0.15, -0.1) is 0 Å². The third-order valence-electron chi connectivity index (χ3n) is 6.21. The summed E-state index contributed by atoms with van der Waals surface area (Å²) in [7, 11) is 1.57. The third kappa shape index (κ3) is 4.98. The Labute approximate surface area is 211 Å². The van der Waals surface area contributed by atoms with Crippen molar-refractivity contribution in [3.05, 3.63) is 95.1 Å². The zero-order chi connectivity index (χ0) is 25.8. The fraction of sp³-hybridized carbons (Fsp3) is 0.267.